The molecule has 0 aromatic rings. The number of carbonyl (C=O) groups excluding carboxylic acids is 2. The predicted molar refractivity (Wildman–Crippen MR) is 64.6 cm³/mol. The molecular formula is C12H24N2O2. The Kier molecular flexibility index (Phi) is 9.76. The molecule has 4 nitrogen and oxygen atoms in total. The van der Waals surface area contributed by atoms with Crippen molar-refractivity contribution in [3.8, 4) is 0 Å². The van der Waals surface area contributed by atoms with E-state index in [1.54, 1.807) is 6.92 Å². The maximum Gasteiger partial charge on any atom is 0.238 e. The summed E-state index contributed by atoms with van der Waals surface area (Å²) in [4.78, 5) is 22.1. The van der Waals surface area contributed by atoms with Crippen molar-refractivity contribution in [1.29, 1.82) is 0 Å². The summed E-state index contributed by atoms with van der Waals surface area (Å²) in [5.74, 6) is -0.256. The largest absolute Gasteiger partial charge is 0.273 e. The standard InChI is InChI=1S/C12H24N2O2/c1-3-5-6-7-8-9-10-12(16)14-13-11(15)4-2/h3-10H2,1-2H3,(H,13,15)(H,14,16). The number of unbranched alkanes of at least 4 members (excludes halogenated alkanes) is 5. The van der Waals surface area contributed by atoms with E-state index in [0.29, 0.717) is 12.8 Å². The van der Waals surface area contributed by atoms with Crippen LogP contribution in [-0.2, 0) is 9.59 Å². The highest BCUT2D eigenvalue weighted by Gasteiger charge is 2.02. The molecule has 4 heteroatoms. The molecule has 0 bridgehead atoms. The van der Waals surface area contributed by atoms with Gasteiger partial charge in [0.2, 0.25) is 11.8 Å². The lowest BCUT2D eigenvalue weighted by atomic mass is 10.1. The van der Waals surface area contributed by atoms with Crippen LogP contribution in [-0.4, -0.2) is 11.8 Å². The van der Waals surface area contributed by atoms with Crippen molar-refractivity contribution in [2.24, 2.45) is 0 Å². The molecule has 0 fully saturated rings. The molecule has 0 atom stereocenters. The number of carbonyl (C=O) groups is 2. The zero-order valence-electron chi connectivity index (χ0n) is 10.5. The molecule has 0 unspecified atom stereocenters. The predicted octanol–water partition coefficient (Wildman–Crippen LogP) is 2.29. The molecule has 2 N–H and O–H groups in total. The average Bonchev–Trinajstić information content (AvgIpc) is 2.30. The van der Waals surface area contributed by atoms with Gasteiger partial charge in [0.05, 0.1) is 0 Å². The molecule has 0 radical (unpaired) electrons. The lowest BCUT2D eigenvalue weighted by Gasteiger charge is -2.05. The van der Waals surface area contributed by atoms with Crippen molar-refractivity contribution < 1.29 is 9.59 Å². The fraction of sp³-hybridized carbons (Fsp3) is 0.833. The SMILES string of the molecule is CCCCCCCCC(=O)NNC(=O)CC. The van der Waals surface area contributed by atoms with Crippen LogP contribution in [0.4, 0.5) is 0 Å². The first-order chi connectivity index (χ1) is 7.70. The van der Waals surface area contributed by atoms with E-state index in [9.17, 15) is 9.59 Å². The molecule has 0 aromatic heterocycles. The van der Waals surface area contributed by atoms with E-state index >= 15 is 0 Å². The van der Waals surface area contributed by atoms with E-state index in [2.05, 4.69) is 17.8 Å². The van der Waals surface area contributed by atoms with Crippen LogP contribution in [0.25, 0.3) is 0 Å². The summed E-state index contributed by atoms with van der Waals surface area (Å²) in [6, 6.07) is 0. The minimum atomic E-state index is -0.156. The zero-order valence-corrected chi connectivity index (χ0v) is 10.5. The summed E-state index contributed by atoms with van der Waals surface area (Å²) in [7, 11) is 0. The maximum atomic E-state index is 11.2. The highest BCUT2D eigenvalue weighted by atomic mass is 16.2. The second-order valence-electron chi connectivity index (χ2n) is 3.97. The highest BCUT2D eigenvalue weighted by molar-refractivity contribution is 5.81. The van der Waals surface area contributed by atoms with E-state index in [1.807, 2.05) is 0 Å². The molecule has 0 aliphatic rings. The van der Waals surface area contributed by atoms with Crippen molar-refractivity contribution in [3.63, 3.8) is 0 Å². The monoisotopic (exact) mass is 228 g/mol. The summed E-state index contributed by atoms with van der Waals surface area (Å²) in [5, 5.41) is 0. The normalized spacial score (nSPS) is 9.88. The van der Waals surface area contributed by atoms with Crippen LogP contribution in [0.5, 0.6) is 0 Å². The van der Waals surface area contributed by atoms with Crippen LogP contribution < -0.4 is 10.9 Å². The number of hydrazine groups is 1. The smallest absolute Gasteiger partial charge is 0.238 e. The number of hydrogen-bond donors (Lipinski definition) is 2. The first-order valence-electron chi connectivity index (χ1n) is 6.28. The number of rotatable bonds is 8. The van der Waals surface area contributed by atoms with Gasteiger partial charge in [0.15, 0.2) is 0 Å². The topological polar surface area (TPSA) is 58.2 Å². The molecule has 0 saturated heterocycles. The summed E-state index contributed by atoms with van der Waals surface area (Å²) in [6.07, 6.45) is 7.84. The maximum absolute atomic E-state index is 11.2. The van der Waals surface area contributed by atoms with E-state index in [4.69, 9.17) is 0 Å². The molecule has 0 heterocycles. The van der Waals surface area contributed by atoms with Crippen molar-refractivity contribution in [1.82, 2.24) is 10.9 Å². The van der Waals surface area contributed by atoms with Gasteiger partial charge in [-0.1, -0.05) is 46.0 Å². The van der Waals surface area contributed by atoms with Crippen LogP contribution >= 0.6 is 0 Å². The van der Waals surface area contributed by atoms with Gasteiger partial charge in [-0.05, 0) is 6.42 Å². The Morgan fingerprint density at radius 1 is 0.812 bits per heavy atom. The van der Waals surface area contributed by atoms with E-state index in [-0.39, 0.29) is 11.8 Å². The fourth-order valence-corrected chi connectivity index (χ4v) is 1.36. The molecule has 0 rings (SSSR count). The van der Waals surface area contributed by atoms with Gasteiger partial charge in [0.1, 0.15) is 0 Å². The third-order valence-corrected chi connectivity index (χ3v) is 2.42. The van der Waals surface area contributed by atoms with Crippen molar-refractivity contribution in [3.05, 3.63) is 0 Å². The van der Waals surface area contributed by atoms with Crippen molar-refractivity contribution in [2.45, 2.75) is 65.2 Å². The lowest BCUT2D eigenvalue weighted by Crippen LogP contribution is -2.41. The Balaban J connectivity index is 3.27. The zero-order chi connectivity index (χ0) is 12.2. The summed E-state index contributed by atoms with van der Waals surface area (Å²) < 4.78 is 0. The molecule has 0 spiro atoms. The molecular weight excluding hydrogens is 204 g/mol. The van der Waals surface area contributed by atoms with Crippen LogP contribution in [0, 0.1) is 0 Å². The van der Waals surface area contributed by atoms with Gasteiger partial charge in [-0.3, -0.25) is 20.4 Å². The first kappa shape index (κ1) is 14.9. The Hall–Kier alpha value is -1.06. The van der Waals surface area contributed by atoms with Gasteiger partial charge in [-0.2, -0.15) is 0 Å². The van der Waals surface area contributed by atoms with Crippen molar-refractivity contribution >= 4 is 11.8 Å². The average molecular weight is 228 g/mol. The van der Waals surface area contributed by atoms with Crippen LogP contribution in [0.3, 0.4) is 0 Å². The molecule has 0 aromatic carbocycles. The minimum absolute atomic E-state index is 0.0997. The summed E-state index contributed by atoms with van der Waals surface area (Å²) in [6.45, 7) is 3.93. The van der Waals surface area contributed by atoms with Gasteiger partial charge in [-0.25, -0.2) is 0 Å². The number of nitrogens with one attached hydrogen (secondary N) is 2. The van der Waals surface area contributed by atoms with Crippen molar-refractivity contribution in [2.75, 3.05) is 0 Å². The Morgan fingerprint density at radius 2 is 1.38 bits per heavy atom. The molecule has 0 aliphatic heterocycles. The quantitative estimate of drug-likeness (QED) is 0.494. The third-order valence-electron chi connectivity index (χ3n) is 2.42. The minimum Gasteiger partial charge on any atom is -0.273 e. The Bertz CT molecular complexity index is 205. The number of hydrogen-bond acceptors (Lipinski definition) is 2. The summed E-state index contributed by atoms with van der Waals surface area (Å²) in [5.41, 5.74) is 4.75. The Morgan fingerprint density at radius 3 is 2.00 bits per heavy atom. The molecule has 16 heavy (non-hydrogen) atoms. The van der Waals surface area contributed by atoms with Crippen LogP contribution in [0.15, 0.2) is 0 Å². The lowest BCUT2D eigenvalue weighted by molar-refractivity contribution is -0.128. The van der Waals surface area contributed by atoms with E-state index in [0.717, 1.165) is 12.8 Å². The third kappa shape index (κ3) is 9.49. The highest BCUT2D eigenvalue weighted by Crippen LogP contribution is 2.06. The van der Waals surface area contributed by atoms with Crippen LogP contribution in [0.2, 0.25) is 0 Å². The fourth-order valence-electron chi connectivity index (χ4n) is 1.36. The van der Waals surface area contributed by atoms with Gasteiger partial charge in [0.25, 0.3) is 0 Å². The second-order valence-corrected chi connectivity index (χ2v) is 3.97. The Labute approximate surface area is 98.1 Å². The van der Waals surface area contributed by atoms with E-state index < -0.39 is 0 Å². The van der Waals surface area contributed by atoms with Crippen LogP contribution in [0.1, 0.15) is 65.2 Å². The van der Waals surface area contributed by atoms with Gasteiger partial charge < -0.3 is 0 Å². The molecule has 0 aliphatic carbocycles. The van der Waals surface area contributed by atoms with E-state index in [1.165, 1.54) is 25.7 Å². The van der Waals surface area contributed by atoms with Gasteiger partial charge in [0, 0.05) is 12.8 Å². The first-order valence-corrected chi connectivity index (χ1v) is 6.28. The molecule has 2 amide bonds. The molecule has 94 valence electrons. The van der Waals surface area contributed by atoms with Gasteiger partial charge >= 0.3 is 0 Å². The second kappa shape index (κ2) is 10.5. The summed E-state index contributed by atoms with van der Waals surface area (Å²) >= 11 is 0. The van der Waals surface area contributed by atoms with Gasteiger partial charge in [-0.15, -0.1) is 0 Å². The molecule has 0 saturated carbocycles. The number of amides is 2.